The molecule has 5 heteroatoms. The topological polar surface area (TPSA) is 20.3 Å². The monoisotopic (exact) mass is 239 g/mol. The van der Waals surface area contributed by atoms with E-state index in [1.165, 1.54) is 4.90 Å². The fourth-order valence-electron chi connectivity index (χ4n) is 1.67. The van der Waals surface area contributed by atoms with Gasteiger partial charge in [0.1, 0.15) is 0 Å². The summed E-state index contributed by atoms with van der Waals surface area (Å²) < 4.78 is 24.4. The SMILES string of the molecule is CC1(C)CC1C(=O)N(CCCl)CC(F)F. The van der Waals surface area contributed by atoms with Crippen molar-refractivity contribution in [2.75, 3.05) is 19.0 Å². The molecule has 1 aliphatic rings. The summed E-state index contributed by atoms with van der Waals surface area (Å²) in [6, 6.07) is 0. The molecule has 88 valence electrons. The molecule has 1 unspecified atom stereocenters. The molecule has 0 N–H and O–H groups in total. The Kier molecular flexibility index (Phi) is 3.93. The largest absolute Gasteiger partial charge is 0.336 e. The molecule has 0 aromatic carbocycles. The summed E-state index contributed by atoms with van der Waals surface area (Å²) in [4.78, 5) is 13.0. The van der Waals surface area contributed by atoms with Crippen molar-refractivity contribution in [2.24, 2.45) is 11.3 Å². The standard InChI is InChI=1S/C10H16ClF2NO/c1-10(2)5-7(10)9(15)14(4-3-11)6-8(12)13/h7-8H,3-6H2,1-2H3. The van der Waals surface area contributed by atoms with Gasteiger partial charge in [0.05, 0.1) is 6.54 Å². The summed E-state index contributed by atoms with van der Waals surface area (Å²) in [6.07, 6.45) is -1.70. The Hall–Kier alpha value is -0.380. The Morgan fingerprint density at radius 1 is 1.60 bits per heavy atom. The highest BCUT2D eigenvalue weighted by atomic mass is 35.5. The first-order chi connectivity index (χ1) is 6.88. The number of rotatable bonds is 5. The summed E-state index contributed by atoms with van der Waals surface area (Å²) in [7, 11) is 0. The average Bonchev–Trinajstić information content (AvgIpc) is 2.72. The second kappa shape index (κ2) is 4.64. The predicted octanol–water partition coefficient (Wildman–Crippen LogP) is 2.37. The summed E-state index contributed by atoms with van der Waals surface area (Å²) >= 11 is 5.48. The van der Waals surface area contributed by atoms with E-state index < -0.39 is 13.0 Å². The van der Waals surface area contributed by atoms with Crippen molar-refractivity contribution < 1.29 is 13.6 Å². The lowest BCUT2D eigenvalue weighted by atomic mass is 10.1. The van der Waals surface area contributed by atoms with Crippen molar-refractivity contribution in [1.82, 2.24) is 4.90 Å². The molecule has 1 rings (SSSR count). The van der Waals surface area contributed by atoms with Crippen molar-refractivity contribution in [3.8, 4) is 0 Å². The van der Waals surface area contributed by atoms with Gasteiger partial charge in [0.15, 0.2) is 0 Å². The molecule has 0 saturated heterocycles. The second-order valence-corrected chi connectivity index (χ2v) is 4.99. The van der Waals surface area contributed by atoms with Gasteiger partial charge >= 0.3 is 0 Å². The smallest absolute Gasteiger partial charge is 0.255 e. The van der Waals surface area contributed by atoms with Crippen molar-refractivity contribution >= 4 is 17.5 Å². The van der Waals surface area contributed by atoms with Gasteiger partial charge in [-0.1, -0.05) is 13.8 Å². The van der Waals surface area contributed by atoms with Crippen LogP contribution in [0.5, 0.6) is 0 Å². The zero-order valence-corrected chi connectivity index (χ0v) is 9.73. The van der Waals surface area contributed by atoms with Crippen LogP contribution < -0.4 is 0 Å². The Labute approximate surface area is 93.6 Å². The zero-order chi connectivity index (χ0) is 11.6. The zero-order valence-electron chi connectivity index (χ0n) is 8.97. The van der Waals surface area contributed by atoms with Crippen molar-refractivity contribution in [3.63, 3.8) is 0 Å². The quantitative estimate of drug-likeness (QED) is 0.675. The minimum Gasteiger partial charge on any atom is -0.336 e. The van der Waals surface area contributed by atoms with E-state index in [2.05, 4.69) is 0 Å². The molecule has 0 radical (unpaired) electrons. The van der Waals surface area contributed by atoms with Crippen LogP contribution in [0.1, 0.15) is 20.3 Å². The van der Waals surface area contributed by atoms with Crippen LogP contribution in [0.2, 0.25) is 0 Å². The maximum absolute atomic E-state index is 12.2. The van der Waals surface area contributed by atoms with E-state index in [-0.39, 0.29) is 29.7 Å². The van der Waals surface area contributed by atoms with Crippen LogP contribution in [-0.2, 0) is 4.79 Å². The summed E-state index contributed by atoms with van der Waals surface area (Å²) in [6.45, 7) is 3.64. The molecular formula is C10H16ClF2NO. The molecule has 1 fully saturated rings. The third-order valence-corrected chi connectivity index (χ3v) is 3.01. The van der Waals surface area contributed by atoms with Gasteiger partial charge in [0.2, 0.25) is 5.91 Å². The van der Waals surface area contributed by atoms with Crippen LogP contribution in [0, 0.1) is 11.3 Å². The number of alkyl halides is 3. The van der Waals surface area contributed by atoms with E-state index in [1.807, 2.05) is 13.8 Å². The number of carbonyl (C=O) groups is 1. The first-order valence-electron chi connectivity index (χ1n) is 5.01. The van der Waals surface area contributed by atoms with Crippen molar-refractivity contribution in [3.05, 3.63) is 0 Å². The molecule has 1 aliphatic carbocycles. The van der Waals surface area contributed by atoms with Gasteiger partial charge in [0.25, 0.3) is 6.43 Å². The highest BCUT2D eigenvalue weighted by molar-refractivity contribution is 6.18. The van der Waals surface area contributed by atoms with Crippen LogP contribution in [0.4, 0.5) is 8.78 Å². The van der Waals surface area contributed by atoms with Gasteiger partial charge in [-0.05, 0) is 11.8 Å². The molecule has 0 bridgehead atoms. The first kappa shape index (κ1) is 12.7. The van der Waals surface area contributed by atoms with Gasteiger partial charge in [0, 0.05) is 18.3 Å². The molecule has 15 heavy (non-hydrogen) atoms. The van der Waals surface area contributed by atoms with E-state index in [0.717, 1.165) is 6.42 Å². The molecule has 0 aromatic heterocycles. The third-order valence-electron chi connectivity index (χ3n) is 2.84. The minimum absolute atomic E-state index is 0.0240. The second-order valence-electron chi connectivity index (χ2n) is 4.61. The highest BCUT2D eigenvalue weighted by Gasteiger charge is 2.51. The van der Waals surface area contributed by atoms with Gasteiger partial charge in [-0.15, -0.1) is 11.6 Å². The molecule has 0 heterocycles. The number of halogens is 3. The molecule has 0 aromatic rings. The van der Waals surface area contributed by atoms with E-state index >= 15 is 0 Å². The van der Waals surface area contributed by atoms with Crippen molar-refractivity contribution in [2.45, 2.75) is 26.7 Å². The van der Waals surface area contributed by atoms with Gasteiger partial charge in [-0.25, -0.2) is 8.78 Å². The molecule has 1 amide bonds. The summed E-state index contributed by atoms with van der Waals surface area (Å²) in [5.74, 6) is -0.0774. The lowest BCUT2D eigenvalue weighted by Gasteiger charge is -2.22. The van der Waals surface area contributed by atoms with Crippen molar-refractivity contribution in [1.29, 1.82) is 0 Å². The maximum atomic E-state index is 12.2. The Morgan fingerprint density at radius 3 is 2.47 bits per heavy atom. The molecular weight excluding hydrogens is 224 g/mol. The Balaban J connectivity index is 2.52. The molecule has 2 nitrogen and oxygen atoms in total. The lowest BCUT2D eigenvalue weighted by Crippen LogP contribution is -2.38. The number of hydrogen-bond acceptors (Lipinski definition) is 1. The van der Waals surface area contributed by atoms with Gasteiger partial charge in [-0.2, -0.15) is 0 Å². The van der Waals surface area contributed by atoms with Crippen LogP contribution >= 0.6 is 11.6 Å². The summed E-state index contributed by atoms with van der Waals surface area (Å²) in [5, 5.41) is 0. The number of carbonyl (C=O) groups excluding carboxylic acids is 1. The lowest BCUT2D eigenvalue weighted by molar-refractivity contribution is -0.135. The normalized spacial score (nSPS) is 22.9. The average molecular weight is 240 g/mol. The first-order valence-corrected chi connectivity index (χ1v) is 5.55. The van der Waals surface area contributed by atoms with E-state index in [9.17, 15) is 13.6 Å². The van der Waals surface area contributed by atoms with Gasteiger partial charge in [-0.3, -0.25) is 4.79 Å². The van der Waals surface area contributed by atoms with E-state index in [0.29, 0.717) is 0 Å². The molecule has 0 spiro atoms. The fraction of sp³-hybridized carbons (Fsp3) is 0.900. The predicted molar refractivity (Wildman–Crippen MR) is 55.2 cm³/mol. The summed E-state index contributed by atoms with van der Waals surface area (Å²) in [5.41, 5.74) is -0.0240. The van der Waals surface area contributed by atoms with Gasteiger partial charge < -0.3 is 4.90 Å². The number of amides is 1. The Bertz CT molecular complexity index is 246. The Morgan fingerprint density at radius 2 is 2.13 bits per heavy atom. The fourth-order valence-corrected chi connectivity index (χ4v) is 1.87. The highest BCUT2D eigenvalue weighted by Crippen LogP contribution is 2.52. The van der Waals surface area contributed by atoms with Crippen LogP contribution in [0.25, 0.3) is 0 Å². The minimum atomic E-state index is -2.49. The van der Waals surface area contributed by atoms with Crippen LogP contribution in [0.15, 0.2) is 0 Å². The number of nitrogens with zero attached hydrogens (tertiary/aromatic N) is 1. The van der Waals surface area contributed by atoms with Crippen LogP contribution in [-0.4, -0.2) is 36.2 Å². The molecule has 1 atom stereocenters. The van der Waals surface area contributed by atoms with Crippen LogP contribution in [0.3, 0.4) is 0 Å². The molecule has 1 saturated carbocycles. The van der Waals surface area contributed by atoms with E-state index in [1.54, 1.807) is 0 Å². The third kappa shape index (κ3) is 3.30. The maximum Gasteiger partial charge on any atom is 0.255 e. The number of hydrogen-bond donors (Lipinski definition) is 0. The van der Waals surface area contributed by atoms with E-state index in [4.69, 9.17) is 11.6 Å². The molecule has 0 aliphatic heterocycles.